The Labute approximate surface area is 334 Å². The Morgan fingerprint density at radius 1 is 0.895 bits per heavy atom. The number of hydrogen-bond acceptors (Lipinski definition) is 9. The number of benzene rings is 2. The van der Waals surface area contributed by atoms with Crippen LogP contribution in [0.3, 0.4) is 0 Å². The number of anilines is 1. The van der Waals surface area contributed by atoms with Gasteiger partial charge in [-0.05, 0) is 85.4 Å². The maximum Gasteiger partial charge on any atom is 0.326 e. The number of fused-ring (bicyclic) bond motifs is 1. The van der Waals surface area contributed by atoms with E-state index in [0.717, 1.165) is 74.7 Å². The number of piperidine rings is 2. The van der Waals surface area contributed by atoms with Gasteiger partial charge in [-0.15, -0.1) is 0 Å². The molecule has 13 heteroatoms. The molecule has 3 fully saturated rings. The highest BCUT2D eigenvalue weighted by Gasteiger charge is 2.30. The number of aryl methyl sites for hydroxylation is 1. The van der Waals surface area contributed by atoms with Gasteiger partial charge < -0.3 is 38.6 Å². The molecule has 3 saturated heterocycles. The largest absolute Gasteiger partial charge is 0.495 e. The van der Waals surface area contributed by atoms with Crippen LogP contribution < -0.4 is 34.7 Å². The number of ether oxygens (including phenoxy) is 4. The number of carbonyl (C=O) groups excluding carboxylic acids is 2. The second kappa shape index (κ2) is 17.7. The van der Waals surface area contributed by atoms with E-state index in [0.29, 0.717) is 83.8 Å². The van der Waals surface area contributed by atoms with Crippen molar-refractivity contribution in [3.63, 3.8) is 0 Å². The van der Waals surface area contributed by atoms with E-state index in [9.17, 15) is 14.4 Å². The molecule has 1 N–H and O–H groups in total. The molecule has 302 valence electrons. The normalized spacial score (nSPS) is 17.1. The molecule has 0 bridgehead atoms. The fourth-order valence-electron chi connectivity index (χ4n) is 8.25. The summed E-state index contributed by atoms with van der Waals surface area (Å²) in [5.41, 5.74) is 3.54. The zero-order valence-corrected chi connectivity index (χ0v) is 33.6. The number of nitrogens with zero attached hydrogens (tertiary/aromatic N) is 5. The van der Waals surface area contributed by atoms with Crippen LogP contribution in [0.15, 0.2) is 72.1 Å². The van der Waals surface area contributed by atoms with Crippen molar-refractivity contribution in [1.82, 2.24) is 24.7 Å². The Morgan fingerprint density at radius 3 is 2.28 bits per heavy atom. The van der Waals surface area contributed by atoms with Crippen LogP contribution in [0, 0.1) is 5.92 Å². The fourth-order valence-corrected chi connectivity index (χ4v) is 8.25. The quantitative estimate of drug-likeness (QED) is 0.157. The first kappa shape index (κ1) is 39.7. The Hall–Kier alpha value is -5.56. The smallest absolute Gasteiger partial charge is 0.326 e. The molecule has 7 rings (SSSR count). The first-order valence-electron chi connectivity index (χ1n) is 20.1. The van der Waals surface area contributed by atoms with Gasteiger partial charge in [-0.3, -0.25) is 19.5 Å². The molecular formula is C44H54N6O7. The van der Waals surface area contributed by atoms with Crippen molar-refractivity contribution in [2.24, 2.45) is 5.92 Å². The molecule has 57 heavy (non-hydrogen) atoms. The van der Waals surface area contributed by atoms with Crippen LogP contribution in [0.5, 0.6) is 23.0 Å². The van der Waals surface area contributed by atoms with Gasteiger partial charge in [-0.1, -0.05) is 19.9 Å². The van der Waals surface area contributed by atoms with Crippen LogP contribution >= 0.6 is 0 Å². The Kier molecular flexibility index (Phi) is 12.3. The van der Waals surface area contributed by atoms with Crippen molar-refractivity contribution >= 4 is 28.4 Å². The van der Waals surface area contributed by atoms with Gasteiger partial charge in [0.15, 0.2) is 11.5 Å². The van der Waals surface area contributed by atoms with E-state index in [1.807, 2.05) is 29.3 Å². The average Bonchev–Trinajstić information content (AvgIpc) is 3.24. The minimum absolute atomic E-state index is 0.00134. The first-order valence-corrected chi connectivity index (χ1v) is 20.1. The van der Waals surface area contributed by atoms with Crippen molar-refractivity contribution < 1.29 is 28.5 Å². The van der Waals surface area contributed by atoms with Crippen molar-refractivity contribution in [2.45, 2.75) is 64.5 Å². The van der Waals surface area contributed by atoms with Gasteiger partial charge in [0.1, 0.15) is 11.9 Å². The predicted molar refractivity (Wildman–Crippen MR) is 221 cm³/mol. The highest BCUT2D eigenvalue weighted by molar-refractivity contribution is 6.00. The molecule has 3 amide bonds. The number of rotatable bonds is 13. The Morgan fingerprint density at radius 2 is 1.61 bits per heavy atom. The van der Waals surface area contributed by atoms with Crippen molar-refractivity contribution in [3.8, 4) is 34.1 Å². The van der Waals surface area contributed by atoms with Gasteiger partial charge in [0, 0.05) is 87.6 Å². The summed E-state index contributed by atoms with van der Waals surface area (Å²) in [5.74, 6) is 2.76. The molecule has 0 radical (unpaired) electrons. The van der Waals surface area contributed by atoms with Crippen LogP contribution in [-0.2, 0) is 6.54 Å². The summed E-state index contributed by atoms with van der Waals surface area (Å²) >= 11 is 0. The van der Waals surface area contributed by atoms with Crippen LogP contribution in [0.2, 0.25) is 0 Å². The molecule has 0 atom stereocenters. The molecule has 0 saturated carbocycles. The number of nitrogens with one attached hydrogen (secondary N) is 1. The van der Waals surface area contributed by atoms with E-state index in [2.05, 4.69) is 28.7 Å². The van der Waals surface area contributed by atoms with E-state index < -0.39 is 0 Å². The summed E-state index contributed by atoms with van der Waals surface area (Å²) in [6, 6.07) is 10.8. The molecule has 5 heterocycles. The van der Waals surface area contributed by atoms with Crippen LogP contribution in [-0.4, -0.2) is 98.0 Å². The second-order valence-electron chi connectivity index (χ2n) is 15.2. The molecule has 3 aliphatic rings. The van der Waals surface area contributed by atoms with E-state index in [1.165, 1.54) is 0 Å². The number of unbranched alkanes of at least 4 members (excludes halogenated alkanes) is 1. The molecule has 13 nitrogen and oxygen atoms in total. The topological polar surface area (TPSA) is 128 Å². The number of hydrogen-bond donors (Lipinski definition) is 1. The number of carbonyl (C=O) groups is 2. The second-order valence-corrected chi connectivity index (χ2v) is 15.2. The van der Waals surface area contributed by atoms with E-state index in [-0.39, 0.29) is 23.6 Å². The van der Waals surface area contributed by atoms with E-state index in [4.69, 9.17) is 18.9 Å². The van der Waals surface area contributed by atoms with Crippen LogP contribution in [0.1, 0.15) is 62.2 Å². The van der Waals surface area contributed by atoms with Crippen molar-refractivity contribution in [3.05, 3.63) is 83.2 Å². The minimum atomic E-state index is -0.272. The summed E-state index contributed by atoms with van der Waals surface area (Å²) in [4.78, 5) is 49.9. The summed E-state index contributed by atoms with van der Waals surface area (Å²) in [6.07, 6.45) is 11.4. The van der Waals surface area contributed by atoms with Gasteiger partial charge in [-0.2, -0.15) is 0 Å². The van der Waals surface area contributed by atoms with E-state index in [1.54, 1.807) is 61.4 Å². The number of pyridine rings is 2. The third kappa shape index (κ3) is 8.58. The van der Waals surface area contributed by atoms with Crippen LogP contribution in [0.25, 0.3) is 21.9 Å². The molecule has 0 unspecified atom stereocenters. The SMILES string of the molecule is C=C1CCN(c2cc(C(=O)N3CCC(CN4CCC(Oc5c(OC)cc(-c6cn(CCCC)c(=O)c7cnccc67)cc5OC)CC4)CC3)ccc2OC)C(=O)N1. The zero-order valence-electron chi connectivity index (χ0n) is 33.6. The van der Waals surface area contributed by atoms with E-state index >= 15 is 0 Å². The number of urea groups is 1. The fraction of sp³-hybridized carbons (Fsp3) is 0.455. The lowest BCUT2D eigenvalue weighted by Crippen LogP contribution is -2.45. The Balaban J connectivity index is 0.953. The summed E-state index contributed by atoms with van der Waals surface area (Å²) < 4.78 is 25.8. The summed E-state index contributed by atoms with van der Waals surface area (Å²) in [7, 11) is 4.84. The molecule has 0 spiro atoms. The minimum Gasteiger partial charge on any atom is -0.495 e. The third-order valence-corrected chi connectivity index (χ3v) is 11.5. The predicted octanol–water partition coefficient (Wildman–Crippen LogP) is 6.72. The first-order chi connectivity index (χ1) is 27.7. The molecule has 2 aromatic carbocycles. The average molecular weight is 779 g/mol. The highest BCUT2D eigenvalue weighted by atomic mass is 16.5. The molecular weight excluding hydrogens is 725 g/mol. The number of aromatic nitrogens is 2. The highest BCUT2D eigenvalue weighted by Crippen LogP contribution is 2.44. The molecule has 4 aromatic rings. The zero-order chi connectivity index (χ0) is 40.1. The molecule has 3 aliphatic heterocycles. The van der Waals surface area contributed by atoms with Gasteiger partial charge in [0.2, 0.25) is 5.75 Å². The summed E-state index contributed by atoms with van der Waals surface area (Å²) in [6.45, 7) is 11.3. The third-order valence-electron chi connectivity index (χ3n) is 11.5. The van der Waals surface area contributed by atoms with Gasteiger partial charge in [0.05, 0.1) is 32.4 Å². The molecule has 2 aromatic heterocycles. The lowest BCUT2D eigenvalue weighted by Gasteiger charge is -2.38. The van der Waals surface area contributed by atoms with Gasteiger partial charge in [-0.25, -0.2) is 4.79 Å². The van der Waals surface area contributed by atoms with Gasteiger partial charge in [0.25, 0.3) is 11.5 Å². The number of amides is 3. The Bertz CT molecular complexity index is 2150. The van der Waals surface area contributed by atoms with Crippen LogP contribution in [0.4, 0.5) is 10.5 Å². The number of likely N-dealkylation sites (tertiary alicyclic amines) is 2. The lowest BCUT2D eigenvalue weighted by molar-refractivity contribution is 0.0599. The van der Waals surface area contributed by atoms with Gasteiger partial charge >= 0.3 is 6.03 Å². The number of methoxy groups -OCH3 is 3. The van der Waals surface area contributed by atoms with Crippen molar-refractivity contribution in [1.29, 1.82) is 0 Å². The monoisotopic (exact) mass is 778 g/mol. The maximum atomic E-state index is 13.6. The maximum absolute atomic E-state index is 13.6. The van der Waals surface area contributed by atoms with Crippen molar-refractivity contribution in [2.75, 3.05) is 65.5 Å². The standard InChI is InChI=1S/C44H54N6O7/c1-6-7-17-49-28-36(34-10-16-45-26-35(34)43(49)52)32-24-39(55-4)41(40(25-32)56-5)57-33-14-18-47(19-15-33)27-30-12-20-48(21-13-30)42(51)31-8-9-38(54-3)37(23-31)50-22-11-29(2)46-44(50)53/h8-10,16,23-26,28,30,33H,2,6-7,11-15,17-22,27H2,1,3-5H3,(H,46,53). The molecule has 0 aliphatic carbocycles. The summed E-state index contributed by atoms with van der Waals surface area (Å²) in [5, 5.41) is 4.19. The lowest BCUT2D eigenvalue weighted by atomic mass is 9.94.